The normalized spacial score (nSPS) is 17.8. The first-order valence-electron chi connectivity index (χ1n) is 6.13. The highest BCUT2D eigenvalue weighted by atomic mass is 16.3. The molecule has 0 radical (unpaired) electrons. The summed E-state index contributed by atoms with van der Waals surface area (Å²) in [4.78, 5) is 11.3. The fourth-order valence-electron chi connectivity index (χ4n) is 2.31. The Bertz CT molecular complexity index is 448. The molecule has 0 fully saturated rings. The summed E-state index contributed by atoms with van der Waals surface area (Å²) in [5.41, 5.74) is 8.46. The van der Waals surface area contributed by atoms with Gasteiger partial charge in [-0.25, -0.2) is 0 Å². The van der Waals surface area contributed by atoms with Crippen molar-refractivity contribution in [3.63, 3.8) is 0 Å². The number of nitrogens with one attached hydrogen (secondary N) is 2. The maximum atomic E-state index is 11.3. The Morgan fingerprint density at radius 3 is 2.94 bits per heavy atom. The molecule has 1 amide bonds. The topological polar surface area (TPSA) is 87.4 Å². The molecule has 0 saturated carbocycles. The lowest BCUT2D eigenvalue weighted by Gasteiger charge is -2.24. The van der Waals surface area contributed by atoms with Crippen molar-refractivity contribution in [2.24, 2.45) is 5.73 Å². The zero-order chi connectivity index (χ0) is 13.1. The third-order valence-electron chi connectivity index (χ3n) is 3.32. The van der Waals surface area contributed by atoms with Crippen molar-refractivity contribution in [1.82, 2.24) is 5.32 Å². The molecule has 0 saturated heterocycles. The molecule has 1 aliphatic rings. The Balaban J connectivity index is 2.27. The largest absolute Gasteiger partial charge is 0.390 e. The average Bonchev–Trinajstić information content (AvgIpc) is 2.39. The number of nitrogens with two attached hydrogens (primary N) is 1. The fourth-order valence-corrected chi connectivity index (χ4v) is 2.31. The van der Waals surface area contributed by atoms with Crippen LogP contribution in [0.5, 0.6) is 0 Å². The van der Waals surface area contributed by atoms with Crippen LogP contribution in [0.3, 0.4) is 0 Å². The number of aryl methyl sites for hydroxylation is 1. The van der Waals surface area contributed by atoms with Gasteiger partial charge < -0.3 is 21.5 Å². The lowest BCUT2D eigenvalue weighted by atomic mass is 9.95. The van der Waals surface area contributed by atoms with Gasteiger partial charge in [-0.3, -0.25) is 4.79 Å². The van der Waals surface area contributed by atoms with Gasteiger partial charge in [0.2, 0.25) is 5.91 Å². The summed E-state index contributed by atoms with van der Waals surface area (Å²) in [5.74, 6) is 0.0578. The van der Waals surface area contributed by atoms with Crippen LogP contribution in [0, 0.1) is 0 Å². The molecule has 5 nitrogen and oxygen atoms in total. The summed E-state index contributed by atoms with van der Waals surface area (Å²) in [5, 5.41) is 15.8. The minimum atomic E-state index is -0.619. The predicted octanol–water partition coefficient (Wildman–Crippen LogP) is 0.151. The van der Waals surface area contributed by atoms with E-state index in [1.165, 1.54) is 0 Å². The van der Waals surface area contributed by atoms with Gasteiger partial charge in [0, 0.05) is 18.7 Å². The zero-order valence-corrected chi connectivity index (χ0v) is 10.4. The van der Waals surface area contributed by atoms with Crippen molar-refractivity contribution < 1.29 is 9.90 Å². The van der Waals surface area contributed by atoms with Crippen LogP contribution in [0.1, 0.15) is 23.6 Å². The molecule has 0 aromatic heterocycles. The number of likely N-dealkylation sites (N-methyl/N-ethyl adjacent to an activating group) is 1. The molecular formula is C13H19N3O2. The second-order valence-electron chi connectivity index (χ2n) is 4.53. The Kier molecular flexibility index (Phi) is 3.96. The molecule has 2 rings (SSSR count). The van der Waals surface area contributed by atoms with Gasteiger partial charge in [0.15, 0.2) is 0 Å². The van der Waals surface area contributed by atoms with Crippen molar-refractivity contribution in [1.29, 1.82) is 0 Å². The highest BCUT2D eigenvalue weighted by Crippen LogP contribution is 2.27. The molecule has 1 aliphatic heterocycles. The standard InChI is InChI=1S/C13H19N3O2/c1-15-13(11(17)7-14)9-2-4-10-8(6-9)3-5-12(18)16-10/h2,4,6,11,13,15,17H,3,5,7,14H2,1H3,(H,16,18). The molecule has 2 unspecified atom stereocenters. The monoisotopic (exact) mass is 249 g/mol. The van der Waals surface area contributed by atoms with Crippen molar-refractivity contribution in [3.8, 4) is 0 Å². The number of aliphatic hydroxyl groups excluding tert-OH is 1. The van der Waals surface area contributed by atoms with Crippen molar-refractivity contribution in [2.45, 2.75) is 25.0 Å². The third-order valence-corrected chi connectivity index (χ3v) is 3.32. The number of amides is 1. The first kappa shape index (κ1) is 13.0. The van der Waals surface area contributed by atoms with Crippen LogP contribution in [0.2, 0.25) is 0 Å². The van der Waals surface area contributed by atoms with E-state index >= 15 is 0 Å². The summed E-state index contributed by atoms with van der Waals surface area (Å²) < 4.78 is 0. The maximum Gasteiger partial charge on any atom is 0.224 e. The SMILES string of the molecule is CNC(c1ccc2c(c1)CCC(=O)N2)C(O)CN. The number of hydrogen-bond acceptors (Lipinski definition) is 4. The lowest BCUT2D eigenvalue weighted by Crippen LogP contribution is -2.35. The quantitative estimate of drug-likeness (QED) is 0.612. The smallest absolute Gasteiger partial charge is 0.224 e. The highest BCUT2D eigenvalue weighted by Gasteiger charge is 2.21. The van der Waals surface area contributed by atoms with Gasteiger partial charge in [-0.2, -0.15) is 0 Å². The van der Waals surface area contributed by atoms with E-state index in [-0.39, 0.29) is 18.5 Å². The first-order valence-corrected chi connectivity index (χ1v) is 6.13. The van der Waals surface area contributed by atoms with Crippen molar-refractivity contribution in [2.75, 3.05) is 18.9 Å². The van der Waals surface area contributed by atoms with Gasteiger partial charge >= 0.3 is 0 Å². The third kappa shape index (κ3) is 2.53. The van der Waals surface area contributed by atoms with Crippen molar-refractivity contribution >= 4 is 11.6 Å². The molecule has 2 atom stereocenters. The minimum Gasteiger partial charge on any atom is -0.390 e. The molecule has 1 aromatic rings. The van der Waals surface area contributed by atoms with Gasteiger partial charge in [-0.05, 0) is 30.7 Å². The van der Waals surface area contributed by atoms with Crippen LogP contribution >= 0.6 is 0 Å². The number of anilines is 1. The van der Waals surface area contributed by atoms with Crippen molar-refractivity contribution in [3.05, 3.63) is 29.3 Å². The van der Waals surface area contributed by atoms with Gasteiger partial charge in [0.1, 0.15) is 0 Å². The summed E-state index contributed by atoms with van der Waals surface area (Å²) in [7, 11) is 1.80. The van der Waals surface area contributed by atoms with E-state index in [0.29, 0.717) is 6.42 Å². The molecule has 0 aliphatic carbocycles. The summed E-state index contributed by atoms with van der Waals surface area (Å²) in [6.07, 6.45) is 0.635. The summed E-state index contributed by atoms with van der Waals surface area (Å²) in [6.45, 7) is 0.208. The second kappa shape index (κ2) is 5.48. The van der Waals surface area contributed by atoms with E-state index in [1.807, 2.05) is 18.2 Å². The van der Waals surface area contributed by atoms with E-state index in [0.717, 1.165) is 23.2 Å². The molecule has 1 aromatic carbocycles. The van der Waals surface area contributed by atoms with Crippen LogP contribution < -0.4 is 16.4 Å². The van der Waals surface area contributed by atoms with Gasteiger partial charge in [0.25, 0.3) is 0 Å². The minimum absolute atomic E-state index is 0.0578. The molecule has 0 bridgehead atoms. The van der Waals surface area contributed by atoms with Crippen LogP contribution in [-0.2, 0) is 11.2 Å². The summed E-state index contributed by atoms with van der Waals surface area (Å²) in [6, 6.07) is 5.63. The summed E-state index contributed by atoms with van der Waals surface area (Å²) >= 11 is 0. The van der Waals surface area contributed by atoms with E-state index in [2.05, 4.69) is 10.6 Å². The average molecular weight is 249 g/mol. The number of rotatable bonds is 4. The highest BCUT2D eigenvalue weighted by molar-refractivity contribution is 5.93. The fraction of sp³-hybridized carbons (Fsp3) is 0.462. The Hall–Kier alpha value is -1.43. The molecule has 18 heavy (non-hydrogen) atoms. The molecule has 5 N–H and O–H groups in total. The molecule has 5 heteroatoms. The second-order valence-corrected chi connectivity index (χ2v) is 4.53. The van der Waals surface area contributed by atoms with Crippen LogP contribution in [0.4, 0.5) is 5.69 Å². The number of hydrogen-bond donors (Lipinski definition) is 4. The Morgan fingerprint density at radius 2 is 2.28 bits per heavy atom. The van der Waals surface area contributed by atoms with Gasteiger partial charge in [-0.1, -0.05) is 12.1 Å². The van der Waals surface area contributed by atoms with E-state index in [4.69, 9.17) is 5.73 Å². The first-order chi connectivity index (χ1) is 8.65. The van der Waals surface area contributed by atoms with Gasteiger partial charge in [0.05, 0.1) is 12.1 Å². The number of carbonyl (C=O) groups is 1. The molecule has 98 valence electrons. The van der Waals surface area contributed by atoms with E-state index < -0.39 is 6.10 Å². The number of benzene rings is 1. The molecular weight excluding hydrogens is 230 g/mol. The molecule has 0 spiro atoms. The van der Waals surface area contributed by atoms with E-state index in [9.17, 15) is 9.90 Å². The van der Waals surface area contributed by atoms with Gasteiger partial charge in [-0.15, -0.1) is 0 Å². The van der Waals surface area contributed by atoms with Crippen LogP contribution in [0.25, 0.3) is 0 Å². The number of carbonyl (C=O) groups excluding carboxylic acids is 1. The number of aliphatic hydroxyl groups is 1. The number of fused-ring (bicyclic) bond motifs is 1. The van der Waals surface area contributed by atoms with E-state index in [1.54, 1.807) is 7.05 Å². The Labute approximate surface area is 106 Å². The molecule has 1 heterocycles. The van der Waals surface area contributed by atoms with Crippen LogP contribution in [0.15, 0.2) is 18.2 Å². The maximum absolute atomic E-state index is 11.3. The predicted molar refractivity (Wildman–Crippen MR) is 70.3 cm³/mol. The lowest BCUT2D eigenvalue weighted by molar-refractivity contribution is -0.116. The van der Waals surface area contributed by atoms with Crippen LogP contribution in [-0.4, -0.2) is 30.7 Å². The Morgan fingerprint density at radius 1 is 1.50 bits per heavy atom. The zero-order valence-electron chi connectivity index (χ0n) is 10.4.